The van der Waals surface area contributed by atoms with Gasteiger partial charge in [-0.1, -0.05) is 0 Å². The number of allylic oxidation sites excluding steroid dienone is 1. The maximum Gasteiger partial charge on any atom is 0.256 e. The summed E-state index contributed by atoms with van der Waals surface area (Å²) in [4.78, 5) is 28.5. The molecule has 0 saturated heterocycles. The van der Waals surface area contributed by atoms with Gasteiger partial charge in [-0.15, -0.1) is 0 Å². The van der Waals surface area contributed by atoms with Gasteiger partial charge in [0.25, 0.3) is 5.91 Å². The highest BCUT2D eigenvalue weighted by Gasteiger charge is 2.16. The Morgan fingerprint density at radius 3 is 2.66 bits per heavy atom. The Morgan fingerprint density at radius 2 is 1.91 bits per heavy atom. The van der Waals surface area contributed by atoms with Crippen molar-refractivity contribution in [1.29, 1.82) is 5.41 Å². The lowest BCUT2D eigenvalue weighted by Gasteiger charge is -2.08. The summed E-state index contributed by atoms with van der Waals surface area (Å²) in [5, 5.41) is 9.99. The molecular formula is C24H19FN6O. The number of H-pyrrole nitrogens is 1. The summed E-state index contributed by atoms with van der Waals surface area (Å²) in [7, 11) is 0. The normalized spacial score (nSPS) is 10.9. The highest BCUT2D eigenvalue weighted by Crippen LogP contribution is 2.32. The van der Waals surface area contributed by atoms with Crippen LogP contribution in [0.1, 0.15) is 21.7 Å². The van der Waals surface area contributed by atoms with Crippen LogP contribution < -0.4 is 5.32 Å². The molecule has 0 bridgehead atoms. The average molecular weight is 426 g/mol. The number of aromatic nitrogens is 4. The molecule has 4 rings (SSSR count). The van der Waals surface area contributed by atoms with Gasteiger partial charge in [0.05, 0.1) is 11.4 Å². The van der Waals surface area contributed by atoms with E-state index in [1.54, 1.807) is 74.1 Å². The van der Waals surface area contributed by atoms with Gasteiger partial charge in [0.2, 0.25) is 0 Å². The van der Waals surface area contributed by atoms with Gasteiger partial charge < -0.3 is 15.7 Å². The second-order valence-corrected chi connectivity index (χ2v) is 6.96. The van der Waals surface area contributed by atoms with Gasteiger partial charge in [-0.3, -0.25) is 9.78 Å². The maximum atomic E-state index is 13.8. The third-order valence-corrected chi connectivity index (χ3v) is 4.74. The molecule has 0 atom stereocenters. The number of anilines is 1. The fourth-order valence-corrected chi connectivity index (χ4v) is 3.17. The number of aromatic amines is 1. The number of aryl methyl sites for hydroxylation is 1. The Hall–Kier alpha value is -4.46. The minimum absolute atomic E-state index is 0.292. The second-order valence-electron chi connectivity index (χ2n) is 6.96. The standard InChI is InChI=1S/C24H19FN6O/c1-15-13-17(4-5-19(15)25)22-23(30-20(29-22)3-2-9-26)18-8-12-28-21(14-18)31-24(32)16-6-10-27-11-7-16/h2-14,26H,1H3,(H,29,30)(H,28,31,32)/b3-2-,26-9?. The van der Waals surface area contributed by atoms with Crippen LogP contribution in [0.25, 0.3) is 28.6 Å². The van der Waals surface area contributed by atoms with Crippen LogP contribution in [0.5, 0.6) is 0 Å². The molecule has 4 aromatic rings. The number of hydrogen-bond donors (Lipinski definition) is 3. The third kappa shape index (κ3) is 4.49. The number of amides is 1. The molecule has 1 amide bonds. The van der Waals surface area contributed by atoms with Crippen LogP contribution >= 0.6 is 0 Å². The monoisotopic (exact) mass is 426 g/mol. The SMILES string of the molecule is Cc1cc(-c2nc(/C=C\C=N)[nH]c2-c2ccnc(NC(=O)c3ccncc3)c2)ccc1F. The van der Waals surface area contributed by atoms with Crippen LogP contribution in [0.4, 0.5) is 10.2 Å². The predicted octanol–water partition coefficient (Wildman–Crippen LogP) is 4.90. The molecule has 0 aliphatic carbocycles. The van der Waals surface area contributed by atoms with E-state index < -0.39 is 0 Å². The van der Waals surface area contributed by atoms with Crippen LogP contribution in [0, 0.1) is 18.2 Å². The van der Waals surface area contributed by atoms with E-state index in [4.69, 9.17) is 5.41 Å². The summed E-state index contributed by atoms with van der Waals surface area (Å²) in [5.74, 6) is 0.321. The zero-order valence-electron chi connectivity index (χ0n) is 17.1. The van der Waals surface area contributed by atoms with Crippen LogP contribution in [0.3, 0.4) is 0 Å². The minimum Gasteiger partial charge on any atom is -0.338 e. The van der Waals surface area contributed by atoms with E-state index in [1.807, 2.05) is 0 Å². The molecule has 3 aromatic heterocycles. The number of pyridine rings is 2. The summed E-state index contributed by atoms with van der Waals surface area (Å²) in [6, 6.07) is 11.6. The number of halogens is 1. The first-order chi connectivity index (χ1) is 15.5. The molecule has 0 radical (unpaired) electrons. The van der Waals surface area contributed by atoms with E-state index in [0.29, 0.717) is 34.2 Å². The summed E-state index contributed by atoms with van der Waals surface area (Å²) in [6.45, 7) is 1.69. The molecule has 0 unspecified atom stereocenters. The molecule has 0 saturated carbocycles. The predicted molar refractivity (Wildman–Crippen MR) is 122 cm³/mol. The van der Waals surface area contributed by atoms with Crippen LogP contribution in [-0.4, -0.2) is 32.1 Å². The van der Waals surface area contributed by atoms with E-state index in [1.165, 1.54) is 6.07 Å². The largest absolute Gasteiger partial charge is 0.338 e. The van der Waals surface area contributed by atoms with Crippen molar-refractivity contribution >= 4 is 24.0 Å². The number of carbonyl (C=O) groups is 1. The van der Waals surface area contributed by atoms with E-state index in [0.717, 1.165) is 17.3 Å². The fraction of sp³-hybridized carbons (Fsp3) is 0.0417. The Labute approximate surface area is 183 Å². The lowest BCUT2D eigenvalue weighted by molar-refractivity contribution is 0.102. The lowest BCUT2D eigenvalue weighted by atomic mass is 10.0. The molecule has 0 spiro atoms. The molecule has 158 valence electrons. The van der Waals surface area contributed by atoms with E-state index >= 15 is 0 Å². The lowest BCUT2D eigenvalue weighted by Crippen LogP contribution is -2.12. The highest BCUT2D eigenvalue weighted by molar-refractivity contribution is 6.03. The van der Waals surface area contributed by atoms with Crippen LogP contribution in [-0.2, 0) is 0 Å². The molecule has 8 heteroatoms. The third-order valence-electron chi connectivity index (χ3n) is 4.74. The minimum atomic E-state index is -0.300. The Bertz CT molecular complexity index is 1310. The fourth-order valence-electron chi connectivity index (χ4n) is 3.17. The average Bonchev–Trinajstić information content (AvgIpc) is 3.24. The van der Waals surface area contributed by atoms with Crippen LogP contribution in [0.15, 0.2) is 67.1 Å². The molecule has 3 heterocycles. The van der Waals surface area contributed by atoms with Gasteiger partial charge in [0.15, 0.2) is 0 Å². The van der Waals surface area contributed by atoms with Crippen molar-refractivity contribution in [2.45, 2.75) is 6.92 Å². The van der Waals surface area contributed by atoms with E-state index in [2.05, 4.69) is 25.3 Å². The van der Waals surface area contributed by atoms with Crippen molar-refractivity contribution in [3.63, 3.8) is 0 Å². The van der Waals surface area contributed by atoms with Gasteiger partial charge in [0, 0.05) is 41.5 Å². The first-order valence-corrected chi connectivity index (χ1v) is 9.76. The number of rotatable bonds is 6. The van der Waals surface area contributed by atoms with E-state index in [9.17, 15) is 9.18 Å². The number of benzene rings is 1. The Balaban J connectivity index is 1.73. The number of nitrogens with one attached hydrogen (secondary N) is 3. The number of hydrogen-bond acceptors (Lipinski definition) is 5. The van der Waals surface area contributed by atoms with Crippen molar-refractivity contribution in [2.75, 3.05) is 5.32 Å². The first-order valence-electron chi connectivity index (χ1n) is 9.76. The van der Waals surface area contributed by atoms with E-state index in [-0.39, 0.29) is 11.7 Å². The summed E-state index contributed by atoms with van der Waals surface area (Å²) >= 11 is 0. The van der Waals surface area contributed by atoms with Gasteiger partial charge in [-0.25, -0.2) is 14.4 Å². The van der Waals surface area contributed by atoms with Gasteiger partial charge in [-0.2, -0.15) is 0 Å². The first kappa shape index (κ1) is 20.8. The molecule has 32 heavy (non-hydrogen) atoms. The van der Waals surface area contributed by atoms with Gasteiger partial charge in [-0.05, 0) is 67.1 Å². The van der Waals surface area contributed by atoms with Crippen molar-refractivity contribution in [1.82, 2.24) is 19.9 Å². The molecule has 3 N–H and O–H groups in total. The summed E-state index contributed by atoms with van der Waals surface area (Å²) in [5.41, 5.74) is 3.76. The van der Waals surface area contributed by atoms with Gasteiger partial charge >= 0.3 is 0 Å². The van der Waals surface area contributed by atoms with Gasteiger partial charge in [0.1, 0.15) is 17.5 Å². The molecule has 1 aromatic carbocycles. The second kappa shape index (κ2) is 9.13. The molecule has 0 aliphatic heterocycles. The number of imidazole rings is 1. The van der Waals surface area contributed by atoms with Crippen molar-refractivity contribution < 1.29 is 9.18 Å². The number of carbonyl (C=O) groups excluding carboxylic acids is 1. The molecule has 0 fully saturated rings. The zero-order valence-corrected chi connectivity index (χ0v) is 17.1. The van der Waals surface area contributed by atoms with Crippen molar-refractivity contribution in [3.8, 4) is 22.5 Å². The molecule has 7 nitrogen and oxygen atoms in total. The molecular weight excluding hydrogens is 407 g/mol. The Kier molecular flexibility index (Phi) is 5.94. The van der Waals surface area contributed by atoms with Crippen molar-refractivity contribution in [3.05, 3.63) is 89.9 Å². The number of nitrogens with zero attached hydrogens (tertiary/aromatic N) is 3. The highest BCUT2D eigenvalue weighted by atomic mass is 19.1. The van der Waals surface area contributed by atoms with Crippen LogP contribution in [0.2, 0.25) is 0 Å². The summed E-state index contributed by atoms with van der Waals surface area (Å²) in [6.07, 6.45) is 9.06. The van der Waals surface area contributed by atoms with Crippen molar-refractivity contribution in [2.24, 2.45) is 0 Å². The molecule has 0 aliphatic rings. The quantitative estimate of drug-likeness (QED) is 0.381. The maximum absolute atomic E-state index is 13.8. The smallest absolute Gasteiger partial charge is 0.256 e. The topological polar surface area (TPSA) is 107 Å². The Morgan fingerprint density at radius 1 is 1.09 bits per heavy atom. The zero-order chi connectivity index (χ0) is 22.5. The summed E-state index contributed by atoms with van der Waals surface area (Å²) < 4.78 is 13.8.